The number of fused-ring (bicyclic) bond motifs is 1. The normalized spacial score (nSPS) is 12.6. The monoisotopic (exact) mass is 246 g/mol. The van der Waals surface area contributed by atoms with Crippen LogP contribution in [0.25, 0.3) is 10.9 Å². The van der Waals surface area contributed by atoms with Gasteiger partial charge in [0, 0.05) is 23.9 Å². The lowest BCUT2D eigenvalue weighted by Gasteiger charge is -2.16. The number of hydrogen-bond donors (Lipinski definition) is 1. The van der Waals surface area contributed by atoms with Crippen molar-refractivity contribution in [3.8, 4) is 5.75 Å². The van der Waals surface area contributed by atoms with E-state index in [4.69, 9.17) is 15.2 Å². The topological polar surface area (TPSA) is 57.4 Å². The zero-order valence-electron chi connectivity index (χ0n) is 10.7. The number of aromatic nitrogens is 1. The number of nitrogen functional groups attached to an aromatic ring is 1. The second-order valence-corrected chi connectivity index (χ2v) is 4.14. The molecule has 1 unspecified atom stereocenters. The molecule has 18 heavy (non-hydrogen) atoms. The Hall–Kier alpha value is -1.81. The summed E-state index contributed by atoms with van der Waals surface area (Å²) in [4.78, 5) is 4.33. The van der Waals surface area contributed by atoms with E-state index >= 15 is 0 Å². The Morgan fingerprint density at radius 2 is 2.17 bits per heavy atom. The Labute approximate surface area is 107 Å². The van der Waals surface area contributed by atoms with E-state index in [0.29, 0.717) is 18.9 Å². The standard InChI is InChI=1S/C14H18N2O2/c1-3-17-9-10(2)18-13-7-6-12(15)11-5-4-8-16-14(11)13/h4-8,10H,3,9,15H2,1-2H3. The molecule has 0 saturated carbocycles. The summed E-state index contributed by atoms with van der Waals surface area (Å²) in [7, 11) is 0. The fourth-order valence-corrected chi connectivity index (χ4v) is 1.80. The lowest BCUT2D eigenvalue weighted by Crippen LogP contribution is -2.19. The number of hydrogen-bond acceptors (Lipinski definition) is 4. The molecule has 0 aliphatic rings. The van der Waals surface area contributed by atoms with Crippen LogP contribution in [-0.2, 0) is 4.74 Å². The molecule has 2 aromatic rings. The molecule has 0 fully saturated rings. The maximum absolute atomic E-state index is 5.92. The molecule has 1 aromatic carbocycles. The van der Waals surface area contributed by atoms with E-state index in [9.17, 15) is 0 Å². The lowest BCUT2D eigenvalue weighted by atomic mass is 10.1. The number of benzene rings is 1. The van der Waals surface area contributed by atoms with E-state index in [1.54, 1.807) is 6.20 Å². The van der Waals surface area contributed by atoms with Crippen LogP contribution in [0.3, 0.4) is 0 Å². The predicted molar refractivity (Wildman–Crippen MR) is 72.7 cm³/mol. The number of nitrogens with two attached hydrogens (primary N) is 1. The highest BCUT2D eigenvalue weighted by Crippen LogP contribution is 2.28. The van der Waals surface area contributed by atoms with Crippen LogP contribution < -0.4 is 10.5 Å². The van der Waals surface area contributed by atoms with E-state index in [2.05, 4.69) is 4.98 Å². The number of pyridine rings is 1. The van der Waals surface area contributed by atoms with Crippen LogP contribution in [-0.4, -0.2) is 24.3 Å². The average molecular weight is 246 g/mol. The van der Waals surface area contributed by atoms with Gasteiger partial charge in [0.25, 0.3) is 0 Å². The van der Waals surface area contributed by atoms with Crippen LogP contribution in [0.15, 0.2) is 30.5 Å². The summed E-state index contributed by atoms with van der Waals surface area (Å²) in [6.45, 7) is 5.19. The van der Waals surface area contributed by atoms with Gasteiger partial charge in [0.05, 0.1) is 6.61 Å². The molecular formula is C14H18N2O2. The number of ether oxygens (including phenoxy) is 2. The van der Waals surface area contributed by atoms with Gasteiger partial charge in [-0.25, -0.2) is 0 Å². The second-order valence-electron chi connectivity index (χ2n) is 4.14. The Balaban J connectivity index is 2.26. The molecule has 96 valence electrons. The van der Waals surface area contributed by atoms with E-state index in [-0.39, 0.29) is 6.10 Å². The molecule has 0 aliphatic heterocycles. The highest BCUT2D eigenvalue weighted by molar-refractivity contribution is 5.94. The molecule has 4 heteroatoms. The SMILES string of the molecule is CCOCC(C)Oc1ccc(N)c2cccnc12. The van der Waals surface area contributed by atoms with Crippen molar-refractivity contribution in [1.82, 2.24) is 4.98 Å². The van der Waals surface area contributed by atoms with Crippen molar-refractivity contribution in [1.29, 1.82) is 0 Å². The smallest absolute Gasteiger partial charge is 0.146 e. The van der Waals surface area contributed by atoms with Crippen LogP contribution in [0.1, 0.15) is 13.8 Å². The van der Waals surface area contributed by atoms with Crippen LogP contribution >= 0.6 is 0 Å². The van der Waals surface area contributed by atoms with Gasteiger partial charge < -0.3 is 15.2 Å². The predicted octanol–water partition coefficient (Wildman–Crippen LogP) is 2.62. The summed E-state index contributed by atoms with van der Waals surface area (Å²) >= 11 is 0. The number of nitrogens with zero attached hydrogens (tertiary/aromatic N) is 1. The van der Waals surface area contributed by atoms with Gasteiger partial charge in [0.1, 0.15) is 17.4 Å². The van der Waals surface area contributed by atoms with Crippen LogP contribution in [0.5, 0.6) is 5.75 Å². The van der Waals surface area contributed by atoms with Crippen molar-refractivity contribution in [2.24, 2.45) is 0 Å². The summed E-state index contributed by atoms with van der Waals surface area (Å²) in [6, 6.07) is 7.50. The van der Waals surface area contributed by atoms with Gasteiger partial charge in [-0.1, -0.05) is 0 Å². The van der Waals surface area contributed by atoms with E-state index in [1.165, 1.54) is 0 Å². The summed E-state index contributed by atoms with van der Waals surface area (Å²) in [5.41, 5.74) is 7.42. The van der Waals surface area contributed by atoms with Crippen molar-refractivity contribution >= 4 is 16.6 Å². The molecular weight excluding hydrogens is 228 g/mol. The second kappa shape index (κ2) is 5.69. The largest absolute Gasteiger partial charge is 0.486 e. The molecule has 0 bridgehead atoms. The first kappa shape index (κ1) is 12.6. The fraction of sp³-hybridized carbons (Fsp3) is 0.357. The maximum atomic E-state index is 5.92. The average Bonchev–Trinajstić information content (AvgIpc) is 2.40. The third-order valence-corrected chi connectivity index (χ3v) is 2.65. The summed E-state index contributed by atoms with van der Waals surface area (Å²) in [5.74, 6) is 0.743. The maximum Gasteiger partial charge on any atom is 0.146 e. The summed E-state index contributed by atoms with van der Waals surface area (Å²) < 4.78 is 11.2. The quantitative estimate of drug-likeness (QED) is 0.824. The van der Waals surface area contributed by atoms with Gasteiger partial charge in [-0.3, -0.25) is 4.98 Å². The lowest BCUT2D eigenvalue weighted by molar-refractivity contribution is 0.0664. The molecule has 0 aliphatic carbocycles. The highest BCUT2D eigenvalue weighted by atomic mass is 16.5. The Morgan fingerprint density at radius 1 is 1.33 bits per heavy atom. The molecule has 1 aromatic heterocycles. The van der Waals surface area contributed by atoms with Crippen LogP contribution in [0.2, 0.25) is 0 Å². The van der Waals surface area contributed by atoms with Gasteiger partial charge in [-0.15, -0.1) is 0 Å². The van der Waals surface area contributed by atoms with Crippen molar-refractivity contribution in [2.45, 2.75) is 20.0 Å². The first-order valence-corrected chi connectivity index (χ1v) is 6.10. The Bertz CT molecular complexity index is 528. The first-order chi connectivity index (χ1) is 8.72. The van der Waals surface area contributed by atoms with E-state index in [0.717, 1.165) is 16.7 Å². The van der Waals surface area contributed by atoms with Crippen molar-refractivity contribution < 1.29 is 9.47 Å². The van der Waals surface area contributed by atoms with Crippen LogP contribution in [0.4, 0.5) is 5.69 Å². The van der Waals surface area contributed by atoms with Crippen molar-refractivity contribution in [3.63, 3.8) is 0 Å². The molecule has 2 rings (SSSR count). The molecule has 0 radical (unpaired) electrons. The molecule has 4 nitrogen and oxygen atoms in total. The summed E-state index contributed by atoms with van der Waals surface area (Å²) in [5, 5.41) is 0.915. The minimum absolute atomic E-state index is 0.0150. The highest BCUT2D eigenvalue weighted by Gasteiger charge is 2.09. The van der Waals surface area contributed by atoms with Gasteiger partial charge in [-0.05, 0) is 38.1 Å². The molecule has 0 spiro atoms. The minimum atomic E-state index is -0.0150. The number of anilines is 1. The van der Waals surface area contributed by atoms with Gasteiger partial charge in [-0.2, -0.15) is 0 Å². The third-order valence-electron chi connectivity index (χ3n) is 2.65. The molecule has 2 N–H and O–H groups in total. The van der Waals surface area contributed by atoms with Gasteiger partial charge >= 0.3 is 0 Å². The Morgan fingerprint density at radius 3 is 2.94 bits per heavy atom. The van der Waals surface area contributed by atoms with Crippen molar-refractivity contribution in [3.05, 3.63) is 30.5 Å². The van der Waals surface area contributed by atoms with E-state index < -0.39 is 0 Å². The van der Waals surface area contributed by atoms with E-state index in [1.807, 2.05) is 38.1 Å². The fourth-order valence-electron chi connectivity index (χ4n) is 1.80. The molecule has 1 atom stereocenters. The number of rotatable bonds is 5. The van der Waals surface area contributed by atoms with Crippen LogP contribution in [0, 0.1) is 0 Å². The summed E-state index contributed by atoms with van der Waals surface area (Å²) in [6.07, 6.45) is 1.72. The Kier molecular flexibility index (Phi) is 3.99. The van der Waals surface area contributed by atoms with Gasteiger partial charge in [0.2, 0.25) is 0 Å². The molecule has 0 amide bonds. The van der Waals surface area contributed by atoms with Crippen molar-refractivity contribution in [2.75, 3.05) is 18.9 Å². The molecule has 0 saturated heterocycles. The third kappa shape index (κ3) is 2.71. The minimum Gasteiger partial charge on any atom is -0.486 e. The van der Waals surface area contributed by atoms with Gasteiger partial charge in [0.15, 0.2) is 0 Å². The zero-order valence-corrected chi connectivity index (χ0v) is 10.7. The zero-order chi connectivity index (χ0) is 13.0. The first-order valence-electron chi connectivity index (χ1n) is 6.10. The molecule has 1 heterocycles.